The summed E-state index contributed by atoms with van der Waals surface area (Å²) in [5, 5.41) is 22.2. The summed E-state index contributed by atoms with van der Waals surface area (Å²) in [5.41, 5.74) is 0.912. The first-order chi connectivity index (χ1) is 36.9. The highest BCUT2D eigenvalue weighted by Gasteiger charge is 2.64. The molecule has 12 unspecified atom stereocenters. The smallest absolute Gasteiger partial charge is 0.338 e. The fourth-order valence-electron chi connectivity index (χ4n) is 15.0. The van der Waals surface area contributed by atoms with Crippen molar-refractivity contribution in [3.05, 3.63) is 108 Å². The Balaban J connectivity index is 0.786. The second-order valence-electron chi connectivity index (χ2n) is 24.2. The van der Waals surface area contributed by atoms with Crippen LogP contribution in [0.4, 0.5) is 0 Å². The number of rotatable bonds is 18. The highest BCUT2D eigenvalue weighted by atomic mass is 16.7. The first-order valence-electron chi connectivity index (χ1n) is 28.7. The zero-order valence-electron chi connectivity index (χ0n) is 46.0. The Morgan fingerprint density at radius 1 is 0.688 bits per heavy atom. The van der Waals surface area contributed by atoms with Crippen LogP contribution in [0.2, 0.25) is 0 Å². The molecule has 3 aromatic carbocycles. The quantitative estimate of drug-likeness (QED) is 0.0695. The lowest BCUT2D eigenvalue weighted by molar-refractivity contribution is -0.305. The van der Waals surface area contributed by atoms with Gasteiger partial charge in [0.05, 0.1) is 41.6 Å². The third kappa shape index (κ3) is 11.9. The van der Waals surface area contributed by atoms with Crippen molar-refractivity contribution < 1.29 is 67.3 Å². The number of hydrogen-bond donors (Lipinski definition) is 2. The van der Waals surface area contributed by atoms with Gasteiger partial charge < -0.3 is 43.4 Å². The molecule has 4 aliphatic carbocycles. The summed E-state index contributed by atoms with van der Waals surface area (Å²) in [6.07, 6.45) is 1.07. The van der Waals surface area contributed by atoms with E-state index in [1.165, 1.54) is 0 Å². The fourth-order valence-corrected chi connectivity index (χ4v) is 15.0. The third-order valence-corrected chi connectivity index (χ3v) is 19.6. The van der Waals surface area contributed by atoms with Crippen molar-refractivity contribution in [1.29, 1.82) is 0 Å². The number of aliphatic hydroxyl groups is 2. The Morgan fingerprint density at radius 2 is 1.27 bits per heavy atom. The van der Waals surface area contributed by atoms with E-state index >= 15 is 0 Å². The number of esters is 3. The monoisotopic (exact) mass is 1060 g/mol. The van der Waals surface area contributed by atoms with Crippen molar-refractivity contribution >= 4 is 29.5 Å². The average molecular weight is 1060 g/mol. The molecule has 418 valence electrons. The maximum atomic E-state index is 14.3. The van der Waals surface area contributed by atoms with Gasteiger partial charge in [0.1, 0.15) is 36.5 Å². The summed E-state index contributed by atoms with van der Waals surface area (Å²) >= 11 is 0. The van der Waals surface area contributed by atoms with E-state index < -0.39 is 72.8 Å². The molecule has 14 nitrogen and oxygen atoms in total. The fraction of sp³-hybridized carbons (Fsp3) is 0.635. The van der Waals surface area contributed by atoms with Crippen LogP contribution in [0.1, 0.15) is 150 Å². The Morgan fingerprint density at radius 3 is 1.90 bits per heavy atom. The lowest BCUT2D eigenvalue weighted by atomic mass is 9.44. The van der Waals surface area contributed by atoms with Crippen molar-refractivity contribution in [2.24, 2.45) is 64.1 Å². The van der Waals surface area contributed by atoms with E-state index in [0.717, 1.165) is 44.9 Å². The van der Waals surface area contributed by atoms with Gasteiger partial charge in [-0.05, 0) is 135 Å². The highest BCUT2D eigenvalue weighted by Crippen LogP contribution is 2.68. The predicted octanol–water partition coefficient (Wildman–Crippen LogP) is 10.0. The molecule has 2 saturated heterocycles. The topological polar surface area (TPSA) is 190 Å². The number of carbonyl (C=O) groups excluding carboxylic acids is 5. The van der Waals surface area contributed by atoms with E-state index in [9.17, 15) is 34.2 Å². The number of ether oxygens (including phenoxy) is 7. The summed E-state index contributed by atoms with van der Waals surface area (Å²) in [6, 6.07) is 26.0. The number of benzene rings is 3. The minimum absolute atomic E-state index is 0.0596. The number of carbonyl (C=O) groups is 5. The van der Waals surface area contributed by atoms with Crippen molar-refractivity contribution in [3.63, 3.8) is 0 Å². The highest BCUT2D eigenvalue weighted by molar-refractivity contribution is 5.92. The minimum Gasteiger partial charge on any atom is -0.459 e. The van der Waals surface area contributed by atoms with Crippen molar-refractivity contribution in [2.75, 3.05) is 13.2 Å². The van der Waals surface area contributed by atoms with E-state index in [4.69, 9.17) is 33.2 Å². The molecule has 0 bridgehead atoms. The molecule has 0 aromatic heterocycles. The summed E-state index contributed by atoms with van der Waals surface area (Å²) in [6.45, 7) is 14.4. The van der Waals surface area contributed by atoms with Gasteiger partial charge in [0.15, 0.2) is 18.7 Å². The number of ketones is 2. The van der Waals surface area contributed by atoms with Crippen LogP contribution in [0.3, 0.4) is 0 Å². The van der Waals surface area contributed by atoms with E-state index in [0.29, 0.717) is 60.1 Å². The molecule has 6 aliphatic rings. The van der Waals surface area contributed by atoms with Crippen LogP contribution in [0, 0.1) is 64.1 Å². The van der Waals surface area contributed by atoms with Crippen molar-refractivity contribution in [2.45, 2.75) is 174 Å². The molecule has 9 rings (SSSR count). The largest absolute Gasteiger partial charge is 0.459 e. The molecule has 0 amide bonds. The van der Waals surface area contributed by atoms with Gasteiger partial charge in [0.25, 0.3) is 0 Å². The normalized spacial score (nSPS) is 37.5. The first kappa shape index (κ1) is 56.9. The molecule has 2 aliphatic heterocycles. The Hall–Kier alpha value is -4.83. The standard InChI is InChI=1S/C63H82O14/c1-8-50-38(4)55(76-58(69)41-20-14-10-15-21-41)56(77-59(70)42-22-16-11-17-23-42)61(74-50)72-34-36(2)24-27-48(64)37(3)52-49(65)33-47-45-26-25-43-32-44(28-30-62(43,6)46(45)29-31-63(47,52)7)73-60-54(67)39(5)53(66)51(75-60)35-71-57(68)40-18-12-9-13-19-40/h9-23,36-39,43-47,50-56,60-61,66-67H,8,24-35H2,1-7H3/t36-,37+,38-,39-,43?,44?,45?,46?,47?,50?,51?,52?,53-,54?,55-,56?,60+,61+,62?,63?/m0/s1. The van der Waals surface area contributed by atoms with Crippen molar-refractivity contribution in [3.8, 4) is 0 Å². The van der Waals surface area contributed by atoms with Crippen LogP contribution in [0.25, 0.3) is 0 Å². The van der Waals surface area contributed by atoms with Crippen LogP contribution in [-0.4, -0.2) is 108 Å². The van der Waals surface area contributed by atoms with Gasteiger partial charge in [-0.15, -0.1) is 0 Å². The first-order valence-corrected chi connectivity index (χ1v) is 28.7. The molecular formula is C63H82O14. The number of hydrogen-bond acceptors (Lipinski definition) is 14. The van der Waals surface area contributed by atoms with E-state index in [1.807, 2.05) is 45.9 Å². The zero-order chi connectivity index (χ0) is 54.8. The lowest BCUT2D eigenvalue weighted by Crippen LogP contribution is -2.57. The molecule has 4 saturated carbocycles. The van der Waals surface area contributed by atoms with Gasteiger partial charge in [0.2, 0.25) is 0 Å². The molecule has 6 fully saturated rings. The molecule has 0 spiro atoms. The van der Waals surface area contributed by atoms with Gasteiger partial charge >= 0.3 is 17.9 Å². The van der Waals surface area contributed by atoms with Crippen LogP contribution < -0.4 is 0 Å². The lowest BCUT2D eigenvalue weighted by Gasteiger charge is -2.61. The van der Waals surface area contributed by atoms with E-state index in [-0.39, 0.29) is 71.5 Å². The maximum Gasteiger partial charge on any atom is 0.338 e. The Labute approximate surface area is 454 Å². The average Bonchev–Trinajstić information content (AvgIpc) is 3.83. The summed E-state index contributed by atoms with van der Waals surface area (Å²) in [4.78, 5) is 68.3. The summed E-state index contributed by atoms with van der Waals surface area (Å²) in [5.74, 6) is -1.63. The second-order valence-corrected chi connectivity index (χ2v) is 24.2. The Kier molecular flexibility index (Phi) is 17.9. The van der Waals surface area contributed by atoms with Gasteiger partial charge in [-0.3, -0.25) is 9.59 Å². The molecule has 2 N–H and O–H groups in total. The summed E-state index contributed by atoms with van der Waals surface area (Å²) in [7, 11) is 0. The van der Waals surface area contributed by atoms with Gasteiger partial charge in [-0.2, -0.15) is 0 Å². The summed E-state index contributed by atoms with van der Waals surface area (Å²) < 4.78 is 43.5. The number of aliphatic hydroxyl groups excluding tert-OH is 2. The molecular weight excluding hydrogens is 981 g/mol. The third-order valence-electron chi connectivity index (χ3n) is 19.6. The van der Waals surface area contributed by atoms with Crippen LogP contribution in [0.15, 0.2) is 91.0 Å². The zero-order valence-corrected chi connectivity index (χ0v) is 46.0. The van der Waals surface area contributed by atoms with E-state index in [1.54, 1.807) is 79.7 Å². The molecule has 0 radical (unpaired) electrons. The van der Waals surface area contributed by atoms with Gasteiger partial charge in [0, 0.05) is 36.5 Å². The van der Waals surface area contributed by atoms with Crippen molar-refractivity contribution in [1.82, 2.24) is 0 Å². The van der Waals surface area contributed by atoms with E-state index in [2.05, 4.69) is 13.8 Å². The number of fused-ring (bicyclic) bond motifs is 5. The molecule has 3 aromatic rings. The molecule has 20 atom stereocenters. The van der Waals surface area contributed by atoms with Crippen LogP contribution in [-0.2, 0) is 42.7 Å². The predicted molar refractivity (Wildman–Crippen MR) is 285 cm³/mol. The number of Topliss-reactive ketones (excluding diaryl/α,β-unsaturated/α-hetero) is 2. The van der Waals surface area contributed by atoms with Gasteiger partial charge in [-0.1, -0.05) is 103 Å². The molecule has 2 heterocycles. The maximum absolute atomic E-state index is 14.3. The second kappa shape index (κ2) is 24.3. The van der Waals surface area contributed by atoms with Crippen LogP contribution >= 0.6 is 0 Å². The molecule has 77 heavy (non-hydrogen) atoms. The minimum atomic E-state index is -1.07. The van der Waals surface area contributed by atoms with Gasteiger partial charge in [-0.25, -0.2) is 14.4 Å². The van der Waals surface area contributed by atoms with Crippen LogP contribution in [0.5, 0.6) is 0 Å². The Bertz CT molecular complexity index is 2510. The molecule has 14 heteroatoms. The SMILES string of the molecule is CCC1O[C@@H](OC[C@@H](C)CCC(=O)[C@@H](C)C2C(=O)CC3C4CCC5CC(O[C@@H]6OC(COC(=O)c7ccccc7)[C@@H](O)[C@H](C)C6O)CCC5(C)C4CCC32C)C(OC(=O)c2ccccc2)[C@@H](OC(=O)c2ccccc2)[C@H]1C.